The van der Waals surface area contributed by atoms with Gasteiger partial charge in [-0.05, 0) is 48.9 Å². The standard InChI is InChI=1S/C21H26N2O3S/c1-3-10-27(25,26)22-12-16-11-17(14-22)20-9-8-19(21(24)23(20)13-16)18-7-5-4-6-15(18)2/h4-9,16-17H,3,10-14H2,1-2H3. The van der Waals surface area contributed by atoms with Crippen molar-refractivity contribution in [2.24, 2.45) is 5.92 Å². The van der Waals surface area contributed by atoms with Gasteiger partial charge in [0.05, 0.1) is 5.75 Å². The lowest BCUT2D eigenvalue weighted by atomic mass is 9.83. The Morgan fingerprint density at radius 1 is 1.04 bits per heavy atom. The molecule has 0 saturated carbocycles. The molecule has 1 aromatic carbocycles. The van der Waals surface area contributed by atoms with E-state index >= 15 is 0 Å². The van der Waals surface area contributed by atoms with Crippen LogP contribution in [0.1, 0.15) is 36.9 Å². The largest absolute Gasteiger partial charge is 0.311 e. The number of hydrogen-bond donors (Lipinski definition) is 0. The van der Waals surface area contributed by atoms with Gasteiger partial charge in [-0.15, -0.1) is 0 Å². The van der Waals surface area contributed by atoms with Crippen molar-refractivity contribution in [1.82, 2.24) is 8.87 Å². The summed E-state index contributed by atoms with van der Waals surface area (Å²) in [7, 11) is -3.20. The summed E-state index contributed by atoms with van der Waals surface area (Å²) in [4.78, 5) is 13.2. The fourth-order valence-corrected chi connectivity index (χ4v) is 6.22. The second-order valence-corrected chi connectivity index (χ2v) is 9.92. The van der Waals surface area contributed by atoms with Gasteiger partial charge in [-0.2, -0.15) is 0 Å². The van der Waals surface area contributed by atoms with Gasteiger partial charge < -0.3 is 4.57 Å². The number of aromatic nitrogens is 1. The van der Waals surface area contributed by atoms with Gasteiger partial charge in [0.1, 0.15) is 0 Å². The Morgan fingerprint density at radius 3 is 2.56 bits per heavy atom. The molecule has 1 fully saturated rings. The van der Waals surface area contributed by atoms with Crippen molar-refractivity contribution in [2.45, 2.75) is 39.2 Å². The molecule has 144 valence electrons. The first-order valence-corrected chi connectivity index (χ1v) is 11.3. The summed E-state index contributed by atoms with van der Waals surface area (Å²) >= 11 is 0. The molecule has 2 unspecified atom stereocenters. The molecule has 6 heteroatoms. The first kappa shape index (κ1) is 18.4. The lowest BCUT2D eigenvalue weighted by Crippen LogP contribution is -2.49. The lowest BCUT2D eigenvalue weighted by molar-refractivity contribution is 0.186. The molecule has 0 aliphatic carbocycles. The summed E-state index contributed by atoms with van der Waals surface area (Å²) in [5.41, 5.74) is 3.81. The van der Waals surface area contributed by atoms with Crippen LogP contribution in [0.15, 0.2) is 41.2 Å². The Balaban J connectivity index is 1.72. The van der Waals surface area contributed by atoms with Crippen LogP contribution in [-0.4, -0.2) is 36.1 Å². The summed E-state index contributed by atoms with van der Waals surface area (Å²) in [6.07, 6.45) is 1.59. The van der Waals surface area contributed by atoms with Crippen LogP contribution >= 0.6 is 0 Å². The summed E-state index contributed by atoms with van der Waals surface area (Å²) in [5, 5.41) is 0. The third-order valence-corrected chi connectivity index (χ3v) is 7.87. The molecule has 2 aliphatic heterocycles. The van der Waals surface area contributed by atoms with Gasteiger partial charge in [-0.1, -0.05) is 31.2 Å². The van der Waals surface area contributed by atoms with Crippen LogP contribution in [0.5, 0.6) is 0 Å². The number of hydrogen-bond acceptors (Lipinski definition) is 3. The van der Waals surface area contributed by atoms with Crippen LogP contribution in [-0.2, 0) is 16.6 Å². The van der Waals surface area contributed by atoms with Gasteiger partial charge in [0.2, 0.25) is 10.0 Å². The van der Waals surface area contributed by atoms with E-state index in [4.69, 9.17) is 0 Å². The third-order valence-electron chi connectivity index (χ3n) is 5.86. The Labute approximate surface area is 160 Å². The van der Waals surface area contributed by atoms with Crippen LogP contribution in [0.3, 0.4) is 0 Å². The van der Waals surface area contributed by atoms with Crippen LogP contribution < -0.4 is 5.56 Å². The van der Waals surface area contributed by atoms with E-state index in [1.807, 2.05) is 54.8 Å². The molecule has 2 aromatic rings. The highest BCUT2D eigenvalue weighted by Crippen LogP contribution is 2.37. The Bertz CT molecular complexity index is 1030. The molecule has 2 aliphatic rings. The highest BCUT2D eigenvalue weighted by Gasteiger charge is 2.38. The van der Waals surface area contributed by atoms with Gasteiger partial charge in [0.25, 0.3) is 5.56 Å². The van der Waals surface area contributed by atoms with Crippen molar-refractivity contribution in [1.29, 1.82) is 0 Å². The van der Waals surface area contributed by atoms with Crippen LogP contribution in [0.4, 0.5) is 0 Å². The Kier molecular flexibility index (Phi) is 4.72. The molecule has 0 amide bonds. The number of benzene rings is 1. The summed E-state index contributed by atoms with van der Waals surface area (Å²) in [6, 6.07) is 11.9. The molecule has 3 heterocycles. The molecule has 4 rings (SSSR count). The number of sulfonamides is 1. The van der Waals surface area contributed by atoms with E-state index in [-0.39, 0.29) is 23.1 Å². The van der Waals surface area contributed by atoms with E-state index in [1.165, 1.54) is 0 Å². The highest BCUT2D eigenvalue weighted by molar-refractivity contribution is 7.89. The summed E-state index contributed by atoms with van der Waals surface area (Å²) < 4.78 is 28.6. The number of fused-ring (bicyclic) bond motifs is 4. The van der Waals surface area contributed by atoms with Crippen LogP contribution in [0.25, 0.3) is 11.1 Å². The minimum Gasteiger partial charge on any atom is -0.311 e. The quantitative estimate of drug-likeness (QED) is 0.812. The van der Waals surface area contributed by atoms with E-state index < -0.39 is 10.0 Å². The van der Waals surface area contributed by atoms with Crippen LogP contribution in [0.2, 0.25) is 0 Å². The second kappa shape index (κ2) is 6.91. The number of pyridine rings is 1. The second-order valence-electron chi connectivity index (χ2n) is 7.83. The minimum absolute atomic E-state index is 0.0429. The van der Waals surface area contributed by atoms with E-state index in [0.29, 0.717) is 26.1 Å². The molecule has 2 atom stereocenters. The average Bonchev–Trinajstić information content (AvgIpc) is 2.63. The van der Waals surface area contributed by atoms with Crippen molar-refractivity contribution in [3.63, 3.8) is 0 Å². The molecule has 5 nitrogen and oxygen atoms in total. The van der Waals surface area contributed by atoms with Crippen molar-refractivity contribution in [3.8, 4) is 11.1 Å². The van der Waals surface area contributed by atoms with Gasteiger partial charge >= 0.3 is 0 Å². The molecule has 1 aromatic heterocycles. The van der Waals surface area contributed by atoms with Gasteiger partial charge in [0, 0.05) is 36.8 Å². The molecule has 27 heavy (non-hydrogen) atoms. The van der Waals surface area contributed by atoms with Crippen molar-refractivity contribution < 1.29 is 8.42 Å². The zero-order chi connectivity index (χ0) is 19.2. The lowest BCUT2D eigenvalue weighted by Gasteiger charge is -2.42. The SMILES string of the molecule is CCCS(=O)(=O)N1CC2CC(C1)c1ccc(-c3ccccc3C)c(=O)n1C2. The third kappa shape index (κ3) is 3.25. The van der Waals surface area contributed by atoms with Gasteiger partial charge in [-0.25, -0.2) is 12.7 Å². The number of rotatable bonds is 4. The van der Waals surface area contributed by atoms with Crippen molar-refractivity contribution in [3.05, 3.63) is 58.0 Å². The average molecular weight is 387 g/mol. The van der Waals surface area contributed by atoms with Crippen molar-refractivity contribution >= 4 is 10.0 Å². The van der Waals surface area contributed by atoms with E-state index in [0.717, 1.165) is 28.8 Å². The monoisotopic (exact) mass is 386 g/mol. The fourth-order valence-electron chi connectivity index (χ4n) is 4.60. The van der Waals surface area contributed by atoms with E-state index in [1.54, 1.807) is 4.31 Å². The smallest absolute Gasteiger partial charge is 0.258 e. The Hall–Kier alpha value is -1.92. The first-order chi connectivity index (χ1) is 12.9. The molecule has 0 N–H and O–H groups in total. The topological polar surface area (TPSA) is 59.4 Å². The van der Waals surface area contributed by atoms with E-state index in [2.05, 4.69) is 0 Å². The fraction of sp³-hybridized carbons (Fsp3) is 0.476. The van der Waals surface area contributed by atoms with Gasteiger partial charge in [-0.3, -0.25) is 4.79 Å². The zero-order valence-corrected chi connectivity index (χ0v) is 16.7. The molecule has 2 bridgehead atoms. The van der Waals surface area contributed by atoms with E-state index in [9.17, 15) is 13.2 Å². The predicted molar refractivity (Wildman–Crippen MR) is 107 cm³/mol. The van der Waals surface area contributed by atoms with Crippen molar-refractivity contribution in [2.75, 3.05) is 18.8 Å². The number of aryl methyl sites for hydroxylation is 1. The molecule has 0 spiro atoms. The summed E-state index contributed by atoms with van der Waals surface area (Å²) in [6.45, 7) is 5.53. The summed E-state index contributed by atoms with van der Waals surface area (Å²) in [5.74, 6) is 0.501. The maximum absolute atomic E-state index is 13.2. The normalized spacial score (nSPS) is 22.4. The number of nitrogens with zero attached hydrogens (tertiary/aromatic N) is 2. The van der Waals surface area contributed by atoms with Gasteiger partial charge in [0.15, 0.2) is 0 Å². The first-order valence-electron chi connectivity index (χ1n) is 9.68. The molecule has 1 saturated heterocycles. The number of piperidine rings is 1. The molecular weight excluding hydrogens is 360 g/mol. The predicted octanol–water partition coefficient (Wildman–Crippen LogP) is 2.98. The zero-order valence-electron chi connectivity index (χ0n) is 15.9. The maximum atomic E-state index is 13.2. The maximum Gasteiger partial charge on any atom is 0.258 e. The highest BCUT2D eigenvalue weighted by atomic mass is 32.2. The Morgan fingerprint density at radius 2 is 1.81 bits per heavy atom. The minimum atomic E-state index is -3.20. The van der Waals surface area contributed by atoms with Crippen LogP contribution in [0, 0.1) is 12.8 Å². The molecule has 0 radical (unpaired) electrons. The molecular formula is C21H26N2O3S.